The van der Waals surface area contributed by atoms with Gasteiger partial charge < -0.3 is 10.6 Å². The van der Waals surface area contributed by atoms with Gasteiger partial charge in [-0.25, -0.2) is 0 Å². The van der Waals surface area contributed by atoms with Gasteiger partial charge in [-0.3, -0.25) is 4.79 Å². The van der Waals surface area contributed by atoms with E-state index in [0.717, 1.165) is 25.9 Å². The molecule has 1 heterocycles. The van der Waals surface area contributed by atoms with Crippen LogP contribution in [0, 0.1) is 5.92 Å². The molecule has 1 aliphatic heterocycles. The number of piperidine rings is 1. The van der Waals surface area contributed by atoms with Gasteiger partial charge in [0, 0.05) is 18.7 Å². The number of rotatable bonds is 1. The summed E-state index contributed by atoms with van der Waals surface area (Å²) in [5.41, 5.74) is 6.49. The van der Waals surface area contributed by atoms with Crippen LogP contribution in [0.25, 0.3) is 0 Å². The normalized spacial score (nSPS) is 16.9. The Morgan fingerprint density at radius 1 is 1.28 bits per heavy atom. The summed E-state index contributed by atoms with van der Waals surface area (Å²) in [5, 5.41) is 0.660. The summed E-state index contributed by atoms with van der Waals surface area (Å²) in [6.07, 6.45) is 2.09. The number of carbonyl (C=O) groups is 1. The molecular weight excluding hydrogens is 271 g/mol. The molecule has 2 N–H and O–H groups in total. The third-order valence-electron chi connectivity index (χ3n) is 3.40. The van der Waals surface area contributed by atoms with Gasteiger partial charge in [0.25, 0.3) is 5.91 Å². The molecule has 1 aliphatic rings. The number of hydrogen-bond acceptors (Lipinski definition) is 2. The predicted molar refractivity (Wildman–Crippen MR) is 75.2 cm³/mol. The molecule has 1 saturated heterocycles. The van der Waals surface area contributed by atoms with E-state index in [-0.39, 0.29) is 5.91 Å². The Kier molecular flexibility index (Phi) is 4.03. The highest BCUT2D eigenvalue weighted by atomic mass is 35.5. The molecular formula is C13H16Cl2N2O. The molecule has 0 aliphatic carbocycles. The van der Waals surface area contributed by atoms with E-state index < -0.39 is 0 Å². The van der Waals surface area contributed by atoms with Gasteiger partial charge in [0.2, 0.25) is 0 Å². The third kappa shape index (κ3) is 2.73. The van der Waals surface area contributed by atoms with Crippen LogP contribution in [-0.2, 0) is 0 Å². The Balaban J connectivity index is 2.19. The van der Waals surface area contributed by atoms with Crippen LogP contribution in [0.15, 0.2) is 12.1 Å². The zero-order chi connectivity index (χ0) is 13.3. The molecule has 1 aromatic rings. The van der Waals surface area contributed by atoms with Crippen LogP contribution in [-0.4, -0.2) is 23.9 Å². The fourth-order valence-corrected chi connectivity index (χ4v) is 2.59. The van der Waals surface area contributed by atoms with E-state index in [9.17, 15) is 4.79 Å². The Hall–Kier alpha value is -0.930. The van der Waals surface area contributed by atoms with Crippen LogP contribution < -0.4 is 5.73 Å². The lowest BCUT2D eigenvalue weighted by Crippen LogP contribution is -2.37. The average Bonchev–Trinajstić information content (AvgIpc) is 2.35. The number of anilines is 1. The lowest BCUT2D eigenvalue weighted by molar-refractivity contribution is 0.0697. The van der Waals surface area contributed by atoms with E-state index in [2.05, 4.69) is 6.92 Å². The summed E-state index contributed by atoms with van der Waals surface area (Å²) in [5.74, 6) is 0.665. The van der Waals surface area contributed by atoms with Gasteiger partial charge in [0.1, 0.15) is 0 Å². The lowest BCUT2D eigenvalue weighted by Gasteiger charge is -2.30. The second-order valence-corrected chi connectivity index (χ2v) is 5.64. The lowest BCUT2D eigenvalue weighted by atomic mass is 9.98. The summed E-state index contributed by atoms with van der Waals surface area (Å²) in [4.78, 5) is 14.1. The minimum Gasteiger partial charge on any atom is -0.396 e. The summed E-state index contributed by atoms with van der Waals surface area (Å²) in [6.45, 7) is 3.79. The topological polar surface area (TPSA) is 46.3 Å². The Labute approximate surface area is 117 Å². The molecule has 0 spiro atoms. The quantitative estimate of drug-likeness (QED) is 0.804. The highest BCUT2D eigenvalue weighted by molar-refractivity contribution is 6.39. The summed E-state index contributed by atoms with van der Waals surface area (Å²) >= 11 is 11.9. The summed E-state index contributed by atoms with van der Waals surface area (Å²) < 4.78 is 0. The number of halogens is 2. The van der Waals surface area contributed by atoms with Gasteiger partial charge in [-0.2, -0.15) is 0 Å². The number of carbonyl (C=O) groups excluding carboxylic acids is 1. The van der Waals surface area contributed by atoms with Crippen molar-refractivity contribution in [3.05, 3.63) is 27.7 Å². The SMILES string of the molecule is CC1CCN(C(=O)c2cc(Cl)c(N)c(Cl)c2)CC1. The van der Waals surface area contributed by atoms with Crippen molar-refractivity contribution in [2.45, 2.75) is 19.8 Å². The largest absolute Gasteiger partial charge is 0.396 e. The van der Waals surface area contributed by atoms with E-state index in [1.807, 2.05) is 4.90 Å². The van der Waals surface area contributed by atoms with Crippen LogP contribution in [0.4, 0.5) is 5.69 Å². The minimum absolute atomic E-state index is 0.0225. The molecule has 2 rings (SSSR count). The second-order valence-electron chi connectivity index (χ2n) is 4.83. The number of nitrogen functional groups attached to an aromatic ring is 1. The highest BCUT2D eigenvalue weighted by Crippen LogP contribution is 2.29. The van der Waals surface area contributed by atoms with Gasteiger partial charge in [-0.1, -0.05) is 30.1 Å². The molecule has 1 amide bonds. The van der Waals surface area contributed by atoms with Crippen LogP contribution in [0.2, 0.25) is 10.0 Å². The number of nitrogens with two attached hydrogens (primary N) is 1. The summed E-state index contributed by atoms with van der Waals surface area (Å²) in [6, 6.07) is 3.17. The molecule has 0 atom stereocenters. The third-order valence-corrected chi connectivity index (χ3v) is 4.02. The van der Waals surface area contributed by atoms with Crippen molar-refractivity contribution < 1.29 is 4.79 Å². The molecule has 0 bridgehead atoms. The molecule has 1 fully saturated rings. The number of benzene rings is 1. The smallest absolute Gasteiger partial charge is 0.253 e. The van der Waals surface area contributed by atoms with E-state index in [1.165, 1.54) is 0 Å². The van der Waals surface area contributed by atoms with E-state index in [0.29, 0.717) is 27.2 Å². The first-order chi connectivity index (χ1) is 8.49. The van der Waals surface area contributed by atoms with Crippen molar-refractivity contribution in [3.63, 3.8) is 0 Å². The predicted octanol–water partition coefficient (Wildman–Crippen LogP) is 3.45. The molecule has 0 unspecified atom stereocenters. The zero-order valence-electron chi connectivity index (χ0n) is 10.2. The van der Waals surface area contributed by atoms with Gasteiger partial charge >= 0.3 is 0 Å². The van der Waals surface area contributed by atoms with Crippen LogP contribution in [0.1, 0.15) is 30.1 Å². The van der Waals surface area contributed by atoms with Gasteiger partial charge in [0.05, 0.1) is 15.7 Å². The van der Waals surface area contributed by atoms with Crippen LogP contribution in [0.5, 0.6) is 0 Å². The molecule has 3 nitrogen and oxygen atoms in total. The minimum atomic E-state index is -0.0225. The fraction of sp³-hybridized carbons (Fsp3) is 0.462. The van der Waals surface area contributed by atoms with Crippen molar-refractivity contribution in [2.24, 2.45) is 5.92 Å². The van der Waals surface area contributed by atoms with E-state index >= 15 is 0 Å². The van der Waals surface area contributed by atoms with Crippen molar-refractivity contribution in [1.29, 1.82) is 0 Å². The Morgan fingerprint density at radius 3 is 2.28 bits per heavy atom. The van der Waals surface area contributed by atoms with Gasteiger partial charge in [-0.05, 0) is 30.9 Å². The highest BCUT2D eigenvalue weighted by Gasteiger charge is 2.22. The summed E-state index contributed by atoms with van der Waals surface area (Å²) in [7, 11) is 0. The first-order valence-electron chi connectivity index (χ1n) is 6.03. The fourth-order valence-electron chi connectivity index (χ4n) is 2.10. The van der Waals surface area contributed by atoms with Crippen LogP contribution in [0.3, 0.4) is 0 Å². The maximum absolute atomic E-state index is 12.3. The van der Waals surface area contributed by atoms with Crippen molar-refractivity contribution in [2.75, 3.05) is 18.8 Å². The monoisotopic (exact) mass is 286 g/mol. The molecule has 98 valence electrons. The first-order valence-corrected chi connectivity index (χ1v) is 6.78. The molecule has 5 heteroatoms. The van der Waals surface area contributed by atoms with Gasteiger partial charge in [0.15, 0.2) is 0 Å². The number of amides is 1. The standard InChI is InChI=1S/C13H16Cl2N2O/c1-8-2-4-17(5-3-8)13(18)9-6-10(14)12(16)11(15)7-9/h6-8H,2-5,16H2,1H3. The molecule has 0 radical (unpaired) electrons. The molecule has 0 aromatic heterocycles. The van der Waals surface area contributed by atoms with E-state index in [1.54, 1.807) is 12.1 Å². The second kappa shape index (κ2) is 5.37. The van der Waals surface area contributed by atoms with Crippen molar-refractivity contribution in [3.8, 4) is 0 Å². The van der Waals surface area contributed by atoms with Crippen molar-refractivity contribution in [1.82, 2.24) is 4.90 Å². The average molecular weight is 287 g/mol. The van der Waals surface area contributed by atoms with Crippen LogP contribution >= 0.6 is 23.2 Å². The Bertz CT molecular complexity index is 445. The number of likely N-dealkylation sites (tertiary alicyclic amines) is 1. The Morgan fingerprint density at radius 2 is 1.78 bits per heavy atom. The van der Waals surface area contributed by atoms with Crippen molar-refractivity contribution >= 4 is 34.8 Å². The zero-order valence-corrected chi connectivity index (χ0v) is 11.8. The maximum atomic E-state index is 12.3. The molecule has 18 heavy (non-hydrogen) atoms. The van der Waals surface area contributed by atoms with E-state index in [4.69, 9.17) is 28.9 Å². The molecule has 1 aromatic carbocycles. The molecule has 0 saturated carbocycles. The number of hydrogen-bond donors (Lipinski definition) is 1. The number of nitrogens with zero attached hydrogens (tertiary/aromatic N) is 1. The van der Waals surface area contributed by atoms with Gasteiger partial charge in [-0.15, -0.1) is 0 Å². The first kappa shape index (κ1) is 13.5. The maximum Gasteiger partial charge on any atom is 0.253 e.